The van der Waals surface area contributed by atoms with Gasteiger partial charge in [0.05, 0.1) is 0 Å². The second kappa shape index (κ2) is 6.21. The van der Waals surface area contributed by atoms with Crippen molar-refractivity contribution in [3.63, 3.8) is 0 Å². The van der Waals surface area contributed by atoms with Gasteiger partial charge in [0.15, 0.2) is 0 Å². The summed E-state index contributed by atoms with van der Waals surface area (Å²) in [4.78, 5) is 12.0. The summed E-state index contributed by atoms with van der Waals surface area (Å²) in [6.45, 7) is 3.20. The number of carbonyl (C=O) groups excluding carboxylic acids is 1. The summed E-state index contributed by atoms with van der Waals surface area (Å²) in [6, 6.07) is 0. The van der Waals surface area contributed by atoms with Gasteiger partial charge in [-0.1, -0.05) is 11.3 Å². The lowest BCUT2D eigenvalue weighted by Gasteiger charge is -2.20. The van der Waals surface area contributed by atoms with Gasteiger partial charge >= 0.3 is 0 Å². The van der Waals surface area contributed by atoms with E-state index >= 15 is 0 Å². The highest BCUT2D eigenvalue weighted by molar-refractivity contribution is 7.15. The highest BCUT2D eigenvalue weighted by Crippen LogP contribution is 2.24. The number of amides is 1. The molecule has 0 spiro atoms. The number of hydrogen-bond donors (Lipinski definition) is 1. The van der Waals surface area contributed by atoms with Crippen LogP contribution >= 0.6 is 11.3 Å². The second-order valence-corrected chi connectivity index (χ2v) is 5.21. The van der Waals surface area contributed by atoms with Gasteiger partial charge in [0.1, 0.15) is 11.1 Å². The first-order valence-electron chi connectivity index (χ1n) is 5.95. The zero-order chi connectivity index (χ0) is 13.0. The zero-order valence-electron chi connectivity index (χ0n) is 10.5. The first kappa shape index (κ1) is 13.4. The van der Waals surface area contributed by atoms with E-state index in [0.29, 0.717) is 18.3 Å². The van der Waals surface area contributed by atoms with Crippen LogP contribution in [0.3, 0.4) is 0 Å². The minimum Gasteiger partial charge on any atom is -0.381 e. The summed E-state index contributed by atoms with van der Waals surface area (Å²) in [5.41, 5.74) is 0. The van der Waals surface area contributed by atoms with Gasteiger partial charge in [-0.25, -0.2) is 0 Å². The average molecular weight is 271 g/mol. The maximum atomic E-state index is 12.0. The molecule has 100 valence electrons. The molecule has 1 aliphatic heterocycles. The van der Waals surface area contributed by atoms with Crippen LogP contribution in [0.2, 0.25) is 0 Å². The van der Waals surface area contributed by atoms with E-state index in [1.54, 1.807) is 7.11 Å². The van der Waals surface area contributed by atoms with Crippen molar-refractivity contribution in [2.45, 2.75) is 25.9 Å². The third-order valence-corrected chi connectivity index (χ3v) is 3.96. The van der Waals surface area contributed by atoms with Crippen LogP contribution in [0.4, 0.5) is 5.13 Å². The largest absolute Gasteiger partial charge is 0.381 e. The van der Waals surface area contributed by atoms with E-state index in [0.717, 1.165) is 17.8 Å². The number of nitrogens with zero attached hydrogens (tertiary/aromatic N) is 2. The topological polar surface area (TPSA) is 73.3 Å². The standard InChI is InChI=1S/C11H17N3O3S/c1-7(16-2)10-13-14-11(18-10)12-9(15)8-3-5-17-6-4-8/h7-8H,3-6H2,1-2H3,(H,12,14,15). The van der Waals surface area contributed by atoms with Crippen molar-refractivity contribution in [3.8, 4) is 0 Å². The molecule has 1 fully saturated rings. The Balaban J connectivity index is 1.92. The summed E-state index contributed by atoms with van der Waals surface area (Å²) in [7, 11) is 1.62. The summed E-state index contributed by atoms with van der Waals surface area (Å²) in [5, 5.41) is 12.0. The summed E-state index contributed by atoms with van der Waals surface area (Å²) in [5.74, 6) is 0.0250. The molecule has 1 aromatic heterocycles. The lowest BCUT2D eigenvalue weighted by Crippen LogP contribution is -2.28. The Morgan fingerprint density at radius 1 is 1.50 bits per heavy atom. The number of rotatable bonds is 4. The molecule has 1 unspecified atom stereocenters. The van der Waals surface area contributed by atoms with Crippen molar-refractivity contribution in [2.24, 2.45) is 5.92 Å². The molecule has 2 heterocycles. The average Bonchev–Trinajstić information content (AvgIpc) is 2.87. The number of nitrogens with one attached hydrogen (secondary N) is 1. The lowest BCUT2D eigenvalue weighted by molar-refractivity contribution is -0.122. The minimum absolute atomic E-state index is 0.00562. The molecule has 0 bridgehead atoms. The number of hydrogen-bond acceptors (Lipinski definition) is 6. The van der Waals surface area contributed by atoms with Crippen LogP contribution in [0.5, 0.6) is 0 Å². The molecular formula is C11H17N3O3S. The molecule has 0 radical (unpaired) electrons. The lowest BCUT2D eigenvalue weighted by atomic mass is 10.00. The predicted octanol–water partition coefficient (Wildman–Crippen LogP) is 1.61. The van der Waals surface area contributed by atoms with Crippen LogP contribution in [0.25, 0.3) is 0 Å². The third-order valence-electron chi connectivity index (χ3n) is 2.96. The van der Waals surface area contributed by atoms with Gasteiger partial charge in [0.2, 0.25) is 11.0 Å². The molecular weight excluding hydrogens is 254 g/mol. The first-order valence-corrected chi connectivity index (χ1v) is 6.77. The Bertz CT molecular complexity index is 404. The fraction of sp³-hybridized carbons (Fsp3) is 0.727. The van der Waals surface area contributed by atoms with E-state index in [9.17, 15) is 4.79 Å². The Labute approximate surface area is 110 Å². The number of anilines is 1. The Kier molecular flexibility index (Phi) is 4.62. The van der Waals surface area contributed by atoms with Gasteiger partial charge < -0.3 is 14.8 Å². The SMILES string of the molecule is COC(C)c1nnc(NC(=O)C2CCOCC2)s1. The van der Waals surface area contributed by atoms with E-state index in [4.69, 9.17) is 9.47 Å². The van der Waals surface area contributed by atoms with Crippen molar-refractivity contribution in [1.82, 2.24) is 10.2 Å². The van der Waals surface area contributed by atoms with Crippen LogP contribution in [-0.4, -0.2) is 36.4 Å². The summed E-state index contributed by atoms with van der Waals surface area (Å²) < 4.78 is 10.4. The Morgan fingerprint density at radius 2 is 2.22 bits per heavy atom. The van der Waals surface area contributed by atoms with E-state index < -0.39 is 0 Å². The summed E-state index contributed by atoms with van der Waals surface area (Å²) >= 11 is 1.35. The molecule has 1 aromatic rings. The van der Waals surface area contributed by atoms with Crippen molar-refractivity contribution in [1.29, 1.82) is 0 Å². The smallest absolute Gasteiger partial charge is 0.229 e. The van der Waals surface area contributed by atoms with Crippen molar-refractivity contribution >= 4 is 22.4 Å². The summed E-state index contributed by atoms with van der Waals surface area (Å²) in [6.07, 6.45) is 1.44. The predicted molar refractivity (Wildman–Crippen MR) is 67.5 cm³/mol. The van der Waals surface area contributed by atoms with Crippen LogP contribution in [0.15, 0.2) is 0 Å². The van der Waals surface area contributed by atoms with E-state index in [1.165, 1.54) is 11.3 Å². The van der Waals surface area contributed by atoms with E-state index in [1.807, 2.05) is 6.92 Å². The number of aromatic nitrogens is 2. The monoisotopic (exact) mass is 271 g/mol. The van der Waals surface area contributed by atoms with Crippen LogP contribution < -0.4 is 5.32 Å². The number of carbonyl (C=O) groups is 1. The fourth-order valence-electron chi connectivity index (χ4n) is 1.72. The molecule has 1 N–H and O–H groups in total. The van der Waals surface area contributed by atoms with Crippen LogP contribution in [0.1, 0.15) is 30.9 Å². The molecule has 1 aliphatic rings. The van der Waals surface area contributed by atoms with E-state index in [2.05, 4.69) is 15.5 Å². The molecule has 18 heavy (non-hydrogen) atoms. The zero-order valence-corrected chi connectivity index (χ0v) is 11.3. The maximum Gasteiger partial charge on any atom is 0.229 e. The second-order valence-electron chi connectivity index (χ2n) is 4.20. The highest BCUT2D eigenvalue weighted by atomic mass is 32.1. The fourth-order valence-corrected chi connectivity index (χ4v) is 2.49. The van der Waals surface area contributed by atoms with Gasteiger partial charge in [0, 0.05) is 26.2 Å². The van der Waals surface area contributed by atoms with Crippen LogP contribution in [-0.2, 0) is 14.3 Å². The molecule has 0 saturated carbocycles. The van der Waals surface area contributed by atoms with Gasteiger partial charge in [0.25, 0.3) is 0 Å². The van der Waals surface area contributed by atoms with Gasteiger partial charge in [-0.05, 0) is 19.8 Å². The van der Waals surface area contributed by atoms with Crippen molar-refractivity contribution in [2.75, 3.05) is 25.6 Å². The molecule has 6 nitrogen and oxygen atoms in total. The third kappa shape index (κ3) is 3.24. The van der Waals surface area contributed by atoms with E-state index in [-0.39, 0.29) is 17.9 Å². The highest BCUT2D eigenvalue weighted by Gasteiger charge is 2.23. The van der Waals surface area contributed by atoms with Gasteiger partial charge in [-0.3, -0.25) is 4.79 Å². The van der Waals surface area contributed by atoms with Crippen molar-refractivity contribution < 1.29 is 14.3 Å². The number of methoxy groups -OCH3 is 1. The minimum atomic E-state index is -0.101. The number of ether oxygens (including phenoxy) is 2. The molecule has 1 atom stereocenters. The molecule has 1 saturated heterocycles. The van der Waals surface area contributed by atoms with Crippen LogP contribution in [0, 0.1) is 5.92 Å². The van der Waals surface area contributed by atoms with Gasteiger partial charge in [-0.2, -0.15) is 0 Å². The molecule has 0 aromatic carbocycles. The van der Waals surface area contributed by atoms with Crippen molar-refractivity contribution in [3.05, 3.63) is 5.01 Å². The first-order chi connectivity index (χ1) is 8.70. The Morgan fingerprint density at radius 3 is 2.89 bits per heavy atom. The molecule has 7 heteroatoms. The normalized spacial score (nSPS) is 18.6. The Hall–Kier alpha value is -1.05. The maximum absolute atomic E-state index is 12.0. The molecule has 0 aliphatic carbocycles. The quantitative estimate of drug-likeness (QED) is 0.900. The van der Waals surface area contributed by atoms with Gasteiger partial charge in [-0.15, -0.1) is 10.2 Å². The molecule has 1 amide bonds. The molecule has 2 rings (SSSR count).